The zero-order chi connectivity index (χ0) is 11.5. The topological polar surface area (TPSA) is 15.3 Å². The van der Waals surface area contributed by atoms with Crippen molar-refractivity contribution in [3.8, 4) is 0 Å². The second-order valence-electron chi connectivity index (χ2n) is 5.53. The van der Waals surface area contributed by atoms with Crippen molar-refractivity contribution < 1.29 is 0 Å². The van der Waals surface area contributed by atoms with Gasteiger partial charge in [-0.15, -0.1) is 0 Å². The van der Waals surface area contributed by atoms with E-state index in [0.717, 1.165) is 18.5 Å². The molecule has 2 heterocycles. The highest BCUT2D eigenvalue weighted by Gasteiger charge is 2.24. The Balaban J connectivity index is 1.37. The maximum absolute atomic E-state index is 3.67. The number of nitrogens with one attached hydrogen (secondary N) is 1. The van der Waals surface area contributed by atoms with Gasteiger partial charge >= 0.3 is 0 Å². The van der Waals surface area contributed by atoms with E-state index in [4.69, 9.17) is 0 Å². The molecule has 2 aliphatic rings. The van der Waals surface area contributed by atoms with Gasteiger partial charge in [-0.25, -0.2) is 0 Å². The Morgan fingerprint density at radius 1 is 1.24 bits per heavy atom. The van der Waals surface area contributed by atoms with Crippen LogP contribution in [0.5, 0.6) is 0 Å². The third-order valence-electron chi connectivity index (χ3n) is 3.97. The number of nitrogens with zero attached hydrogens (tertiary/aromatic N) is 1. The van der Waals surface area contributed by atoms with Crippen LogP contribution in [0.3, 0.4) is 0 Å². The Morgan fingerprint density at radius 3 is 2.71 bits per heavy atom. The molecule has 1 aliphatic heterocycles. The Bertz CT molecular complexity index is 324. The normalized spacial score (nSPS) is 23.1. The van der Waals surface area contributed by atoms with Crippen molar-refractivity contribution in [1.29, 1.82) is 0 Å². The predicted molar refractivity (Wildman–Crippen MR) is 73.3 cm³/mol. The van der Waals surface area contributed by atoms with Gasteiger partial charge in [-0.3, -0.25) is 4.90 Å². The van der Waals surface area contributed by atoms with Gasteiger partial charge in [0.2, 0.25) is 0 Å². The standard InChI is InChI=1S/C14H22N2S/c1-2-14(1)15-9-12-3-6-16(7-4-12)10-13-5-8-17-11-13/h5,8,11-12,14-15H,1-4,6-7,9-10H2. The zero-order valence-electron chi connectivity index (χ0n) is 10.4. The third kappa shape index (κ3) is 3.54. The van der Waals surface area contributed by atoms with Crippen LogP contribution in [0.4, 0.5) is 0 Å². The minimum atomic E-state index is 0.874. The van der Waals surface area contributed by atoms with Gasteiger partial charge in [0.05, 0.1) is 0 Å². The number of piperidine rings is 1. The number of hydrogen-bond donors (Lipinski definition) is 1. The minimum absolute atomic E-state index is 0.874. The second kappa shape index (κ2) is 5.51. The maximum atomic E-state index is 3.67. The first-order chi connectivity index (χ1) is 8.40. The lowest BCUT2D eigenvalue weighted by Crippen LogP contribution is -2.37. The smallest absolute Gasteiger partial charge is 0.0241 e. The molecule has 1 N–H and O–H groups in total. The Kier molecular flexibility index (Phi) is 3.79. The first-order valence-electron chi connectivity index (χ1n) is 6.87. The summed E-state index contributed by atoms with van der Waals surface area (Å²) < 4.78 is 0. The van der Waals surface area contributed by atoms with Crippen LogP contribution in [0.2, 0.25) is 0 Å². The molecule has 0 spiro atoms. The van der Waals surface area contributed by atoms with Crippen molar-refractivity contribution >= 4 is 11.3 Å². The Labute approximate surface area is 108 Å². The van der Waals surface area contributed by atoms with Crippen molar-refractivity contribution in [2.75, 3.05) is 19.6 Å². The highest BCUT2D eigenvalue weighted by atomic mass is 32.1. The molecule has 3 heteroatoms. The molecular formula is C14H22N2S. The lowest BCUT2D eigenvalue weighted by Gasteiger charge is -2.31. The summed E-state index contributed by atoms with van der Waals surface area (Å²) in [7, 11) is 0. The molecule has 1 saturated carbocycles. The van der Waals surface area contributed by atoms with Crippen LogP contribution in [-0.2, 0) is 6.54 Å². The molecule has 1 aliphatic carbocycles. The Hall–Kier alpha value is -0.380. The van der Waals surface area contributed by atoms with Crippen molar-refractivity contribution in [2.24, 2.45) is 5.92 Å². The largest absolute Gasteiger partial charge is 0.314 e. The molecule has 0 bridgehead atoms. The van der Waals surface area contributed by atoms with Crippen molar-refractivity contribution in [3.05, 3.63) is 22.4 Å². The van der Waals surface area contributed by atoms with E-state index in [1.807, 2.05) is 11.3 Å². The highest BCUT2D eigenvalue weighted by molar-refractivity contribution is 7.07. The van der Waals surface area contributed by atoms with Gasteiger partial charge in [0.15, 0.2) is 0 Å². The SMILES string of the molecule is c1cc(CN2CCC(CNC3CC3)CC2)cs1. The van der Waals surface area contributed by atoms with Gasteiger partial charge in [-0.2, -0.15) is 11.3 Å². The molecule has 3 rings (SSSR count). The van der Waals surface area contributed by atoms with E-state index >= 15 is 0 Å². The summed E-state index contributed by atoms with van der Waals surface area (Å²) in [5.74, 6) is 0.925. The van der Waals surface area contributed by atoms with Gasteiger partial charge in [0.25, 0.3) is 0 Å². The number of thiophene rings is 1. The lowest BCUT2D eigenvalue weighted by atomic mass is 9.96. The molecule has 0 amide bonds. The molecule has 0 atom stereocenters. The van der Waals surface area contributed by atoms with Gasteiger partial charge in [0, 0.05) is 12.6 Å². The molecule has 94 valence electrons. The van der Waals surface area contributed by atoms with E-state index < -0.39 is 0 Å². The first kappa shape index (κ1) is 11.7. The molecule has 0 radical (unpaired) electrons. The minimum Gasteiger partial charge on any atom is -0.314 e. The molecule has 1 saturated heterocycles. The van der Waals surface area contributed by atoms with E-state index in [1.165, 1.54) is 50.9 Å². The zero-order valence-corrected chi connectivity index (χ0v) is 11.2. The predicted octanol–water partition coefficient (Wildman–Crippen LogP) is 2.71. The van der Waals surface area contributed by atoms with Crippen LogP contribution in [0, 0.1) is 5.92 Å². The number of hydrogen-bond acceptors (Lipinski definition) is 3. The van der Waals surface area contributed by atoms with Gasteiger partial charge < -0.3 is 5.32 Å². The monoisotopic (exact) mass is 250 g/mol. The fourth-order valence-electron chi connectivity index (χ4n) is 2.61. The third-order valence-corrected chi connectivity index (χ3v) is 4.70. The highest BCUT2D eigenvalue weighted by Crippen LogP contribution is 2.22. The van der Waals surface area contributed by atoms with Gasteiger partial charge in [-0.05, 0) is 73.6 Å². The van der Waals surface area contributed by atoms with Crippen LogP contribution >= 0.6 is 11.3 Å². The van der Waals surface area contributed by atoms with E-state index in [2.05, 4.69) is 27.0 Å². The van der Waals surface area contributed by atoms with Crippen LogP contribution in [-0.4, -0.2) is 30.6 Å². The van der Waals surface area contributed by atoms with E-state index in [9.17, 15) is 0 Å². The number of likely N-dealkylation sites (tertiary alicyclic amines) is 1. The average Bonchev–Trinajstić information content (AvgIpc) is 3.05. The molecule has 0 unspecified atom stereocenters. The fraction of sp³-hybridized carbons (Fsp3) is 0.714. The molecule has 2 fully saturated rings. The summed E-state index contributed by atoms with van der Waals surface area (Å²) in [6.45, 7) is 4.99. The van der Waals surface area contributed by atoms with E-state index in [-0.39, 0.29) is 0 Å². The summed E-state index contributed by atoms with van der Waals surface area (Å²) in [5, 5.41) is 8.13. The van der Waals surface area contributed by atoms with Gasteiger partial charge in [0.1, 0.15) is 0 Å². The Morgan fingerprint density at radius 2 is 2.06 bits per heavy atom. The average molecular weight is 250 g/mol. The second-order valence-corrected chi connectivity index (χ2v) is 6.31. The summed E-state index contributed by atoms with van der Waals surface area (Å²) >= 11 is 1.81. The lowest BCUT2D eigenvalue weighted by molar-refractivity contribution is 0.175. The van der Waals surface area contributed by atoms with Crippen LogP contribution < -0.4 is 5.32 Å². The first-order valence-corrected chi connectivity index (χ1v) is 7.81. The van der Waals surface area contributed by atoms with Crippen LogP contribution in [0.1, 0.15) is 31.2 Å². The molecule has 17 heavy (non-hydrogen) atoms. The summed E-state index contributed by atoms with van der Waals surface area (Å²) in [4.78, 5) is 2.61. The summed E-state index contributed by atoms with van der Waals surface area (Å²) in [6, 6.07) is 3.13. The van der Waals surface area contributed by atoms with E-state index in [0.29, 0.717) is 0 Å². The van der Waals surface area contributed by atoms with Crippen molar-refractivity contribution in [3.63, 3.8) is 0 Å². The molecule has 1 aromatic heterocycles. The summed E-state index contributed by atoms with van der Waals surface area (Å²) in [5.41, 5.74) is 1.49. The molecular weight excluding hydrogens is 228 g/mol. The van der Waals surface area contributed by atoms with Crippen molar-refractivity contribution in [2.45, 2.75) is 38.3 Å². The molecule has 1 aromatic rings. The fourth-order valence-corrected chi connectivity index (χ4v) is 3.27. The van der Waals surface area contributed by atoms with E-state index in [1.54, 1.807) is 0 Å². The molecule has 2 nitrogen and oxygen atoms in total. The maximum Gasteiger partial charge on any atom is 0.0241 e. The number of rotatable bonds is 5. The summed E-state index contributed by atoms with van der Waals surface area (Å²) in [6.07, 6.45) is 5.59. The van der Waals surface area contributed by atoms with Crippen molar-refractivity contribution in [1.82, 2.24) is 10.2 Å². The van der Waals surface area contributed by atoms with Gasteiger partial charge in [-0.1, -0.05) is 0 Å². The quantitative estimate of drug-likeness (QED) is 0.864. The van der Waals surface area contributed by atoms with Crippen LogP contribution in [0.15, 0.2) is 16.8 Å². The van der Waals surface area contributed by atoms with Crippen LogP contribution in [0.25, 0.3) is 0 Å². The molecule has 0 aromatic carbocycles.